The summed E-state index contributed by atoms with van der Waals surface area (Å²) in [5.74, 6) is -0.537. The van der Waals surface area contributed by atoms with E-state index >= 15 is 0 Å². The summed E-state index contributed by atoms with van der Waals surface area (Å²) in [5.41, 5.74) is 1.91. The van der Waals surface area contributed by atoms with Crippen molar-refractivity contribution in [1.29, 1.82) is 0 Å². The zero-order valence-corrected chi connectivity index (χ0v) is 15.7. The van der Waals surface area contributed by atoms with Gasteiger partial charge in [0.05, 0.1) is 18.7 Å². The number of nitrogens with one attached hydrogen (secondary N) is 1. The number of anilines is 1. The smallest absolute Gasteiger partial charge is 0.310 e. The van der Waals surface area contributed by atoms with Gasteiger partial charge in [-0.3, -0.25) is 14.4 Å². The maximum absolute atomic E-state index is 12.2. The van der Waals surface area contributed by atoms with Crippen molar-refractivity contribution in [2.24, 2.45) is 0 Å². The van der Waals surface area contributed by atoms with Crippen LogP contribution in [0.4, 0.5) is 5.69 Å². The van der Waals surface area contributed by atoms with Crippen molar-refractivity contribution in [3.05, 3.63) is 59.7 Å². The van der Waals surface area contributed by atoms with Crippen LogP contribution in [0, 0.1) is 6.92 Å². The fourth-order valence-corrected chi connectivity index (χ4v) is 2.33. The molecule has 0 fully saturated rings. The lowest BCUT2D eigenvalue weighted by Crippen LogP contribution is -2.30. The van der Waals surface area contributed by atoms with Gasteiger partial charge in [0, 0.05) is 5.56 Å². The molecule has 0 heterocycles. The molecule has 27 heavy (non-hydrogen) atoms. The van der Waals surface area contributed by atoms with Crippen LogP contribution < -0.4 is 10.1 Å². The van der Waals surface area contributed by atoms with Crippen molar-refractivity contribution >= 4 is 23.3 Å². The maximum Gasteiger partial charge on any atom is 0.310 e. The Kier molecular flexibility index (Phi) is 7.11. The Bertz CT molecular complexity index is 814. The van der Waals surface area contributed by atoms with Gasteiger partial charge in [-0.1, -0.05) is 29.8 Å². The summed E-state index contributed by atoms with van der Waals surface area (Å²) in [7, 11) is 0. The Morgan fingerprint density at radius 2 is 1.70 bits per heavy atom. The highest BCUT2D eigenvalue weighted by Gasteiger charge is 2.19. The zero-order valence-electron chi connectivity index (χ0n) is 15.7. The Hall–Kier alpha value is -3.15. The van der Waals surface area contributed by atoms with Crippen molar-refractivity contribution < 1.29 is 23.9 Å². The number of ether oxygens (including phenoxy) is 2. The molecule has 142 valence electrons. The average molecular weight is 369 g/mol. The van der Waals surface area contributed by atoms with Crippen LogP contribution in [0.25, 0.3) is 0 Å². The van der Waals surface area contributed by atoms with Crippen LogP contribution >= 0.6 is 0 Å². The fraction of sp³-hybridized carbons (Fsp3) is 0.286. The summed E-state index contributed by atoms with van der Waals surface area (Å²) in [6, 6.07) is 14.1. The number of Topliss-reactive ketones (excluding diaryl/α,β-unsaturated/α-hetero) is 1. The number of ketones is 1. The Labute approximate surface area is 158 Å². The molecule has 0 aliphatic rings. The van der Waals surface area contributed by atoms with Crippen LogP contribution in [0.15, 0.2) is 48.5 Å². The summed E-state index contributed by atoms with van der Waals surface area (Å²) in [4.78, 5) is 35.7. The highest BCUT2D eigenvalue weighted by atomic mass is 16.5. The molecule has 0 aliphatic heterocycles. The topological polar surface area (TPSA) is 81.7 Å². The number of para-hydroxylation sites is 1. The monoisotopic (exact) mass is 369 g/mol. The lowest BCUT2D eigenvalue weighted by Gasteiger charge is -2.15. The van der Waals surface area contributed by atoms with Crippen molar-refractivity contribution in [1.82, 2.24) is 0 Å². The van der Waals surface area contributed by atoms with Crippen LogP contribution in [-0.2, 0) is 14.3 Å². The molecule has 2 aromatic carbocycles. The van der Waals surface area contributed by atoms with Gasteiger partial charge in [-0.15, -0.1) is 0 Å². The Balaban J connectivity index is 1.80. The van der Waals surface area contributed by atoms with Gasteiger partial charge in [-0.2, -0.15) is 0 Å². The molecule has 0 aliphatic carbocycles. The standard InChI is InChI=1S/C21H23NO5/c1-14-8-10-17(11-9-14)26-13-12-20(24)27-16(3)21(25)22-19-7-5-4-6-18(19)15(2)23/h4-11,16H,12-13H2,1-3H3,(H,22,25)/t16-/m1/s1. The summed E-state index contributed by atoms with van der Waals surface area (Å²) >= 11 is 0. The zero-order chi connectivity index (χ0) is 19.8. The average Bonchev–Trinajstić information content (AvgIpc) is 2.63. The molecule has 0 radical (unpaired) electrons. The fourth-order valence-electron chi connectivity index (χ4n) is 2.33. The summed E-state index contributed by atoms with van der Waals surface area (Å²) in [6.07, 6.45) is -0.966. The second-order valence-corrected chi connectivity index (χ2v) is 6.13. The number of rotatable bonds is 8. The highest BCUT2D eigenvalue weighted by molar-refractivity contribution is 6.04. The molecule has 0 unspecified atom stereocenters. The lowest BCUT2D eigenvalue weighted by atomic mass is 10.1. The molecule has 1 atom stereocenters. The largest absolute Gasteiger partial charge is 0.493 e. The SMILES string of the molecule is CC(=O)c1ccccc1NC(=O)[C@@H](C)OC(=O)CCOc1ccc(C)cc1. The van der Waals surface area contributed by atoms with Crippen molar-refractivity contribution in [2.45, 2.75) is 33.3 Å². The van der Waals surface area contributed by atoms with E-state index in [2.05, 4.69) is 5.32 Å². The van der Waals surface area contributed by atoms with Gasteiger partial charge >= 0.3 is 5.97 Å². The van der Waals surface area contributed by atoms with Crippen LogP contribution in [0.1, 0.15) is 36.2 Å². The van der Waals surface area contributed by atoms with Crippen LogP contribution in [0.3, 0.4) is 0 Å². The van der Waals surface area contributed by atoms with Gasteiger partial charge in [0.1, 0.15) is 5.75 Å². The van der Waals surface area contributed by atoms with Gasteiger partial charge in [0.15, 0.2) is 11.9 Å². The van der Waals surface area contributed by atoms with Crippen molar-refractivity contribution in [3.63, 3.8) is 0 Å². The second-order valence-electron chi connectivity index (χ2n) is 6.13. The van der Waals surface area contributed by atoms with Crippen LogP contribution in [0.2, 0.25) is 0 Å². The van der Waals surface area contributed by atoms with E-state index in [0.717, 1.165) is 5.56 Å². The predicted octanol–water partition coefficient (Wildman–Crippen LogP) is 3.54. The molecule has 2 aromatic rings. The molecular formula is C21H23NO5. The summed E-state index contributed by atoms with van der Waals surface area (Å²) in [6.45, 7) is 5.03. The van der Waals surface area contributed by atoms with Gasteiger partial charge in [-0.25, -0.2) is 0 Å². The van der Waals surface area contributed by atoms with E-state index in [4.69, 9.17) is 9.47 Å². The molecule has 0 spiro atoms. The molecule has 0 bridgehead atoms. The van der Waals surface area contributed by atoms with E-state index in [0.29, 0.717) is 17.0 Å². The van der Waals surface area contributed by atoms with Crippen LogP contribution in [0.5, 0.6) is 5.75 Å². The van der Waals surface area contributed by atoms with E-state index in [-0.39, 0.29) is 18.8 Å². The molecule has 1 N–H and O–H groups in total. The Morgan fingerprint density at radius 3 is 2.37 bits per heavy atom. The molecular weight excluding hydrogens is 346 g/mol. The predicted molar refractivity (Wildman–Crippen MR) is 102 cm³/mol. The number of hydrogen-bond acceptors (Lipinski definition) is 5. The van der Waals surface area contributed by atoms with E-state index in [1.165, 1.54) is 13.8 Å². The lowest BCUT2D eigenvalue weighted by molar-refractivity contribution is -0.153. The van der Waals surface area contributed by atoms with Gasteiger partial charge in [0.2, 0.25) is 0 Å². The molecule has 6 nitrogen and oxygen atoms in total. The summed E-state index contributed by atoms with van der Waals surface area (Å²) in [5, 5.41) is 2.62. The number of hydrogen-bond donors (Lipinski definition) is 1. The number of carbonyl (C=O) groups excluding carboxylic acids is 3. The van der Waals surface area contributed by atoms with Crippen molar-refractivity contribution in [3.8, 4) is 5.75 Å². The number of carbonyl (C=O) groups is 3. The molecule has 0 saturated carbocycles. The maximum atomic E-state index is 12.2. The minimum absolute atomic E-state index is 0.0233. The number of esters is 1. The first-order valence-electron chi connectivity index (χ1n) is 8.66. The number of aryl methyl sites for hydroxylation is 1. The quantitative estimate of drug-likeness (QED) is 0.568. The number of amides is 1. The minimum Gasteiger partial charge on any atom is -0.493 e. The first-order chi connectivity index (χ1) is 12.9. The van der Waals surface area contributed by atoms with E-state index < -0.39 is 18.0 Å². The highest BCUT2D eigenvalue weighted by Crippen LogP contribution is 2.16. The van der Waals surface area contributed by atoms with Crippen molar-refractivity contribution in [2.75, 3.05) is 11.9 Å². The molecule has 2 rings (SSSR count). The first kappa shape index (κ1) is 20.2. The minimum atomic E-state index is -0.989. The molecule has 1 amide bonds. The van der Waals surface area contributed by atoms with E-state index in [1.54, 1.807) is 24.3 Å². The van der Waals surface area contributed by atoms with E-state index in [1.807, 2.05) is 31.2 Å². The van der Waals surface area contributed by atoms with Gasteiger partial charge < -0.3 is 14.8 Å². The third-order valence-electron chi connectivity index (χ3n) is 3.84. The van der Waals surface area contributed by atoms with Gasteiger partial charge in [-0.05, 0) is 45.0 Å². The van der Waals surface area contributed by atoms with E-state index in [9.17, 15) is 14.4 Å². The van der Waals surface area contributed by atoms with Gasteiger partial charge in [0.25, 0.3) is 5.91 Å². The Morgan fingerprint density at radius 1 is 1.04 bits per heavy atom. The third kappa shape index (κ3) is 6.26. The summed E-state index contributed by atoms with van der Waals surface area (Å²) < 4.78 is 10.6. The molecule has 0 aromatic heterocycles. The molecule has 6 heteroatoms. The number of benzene rings is 2. The second kappa shape index (κ2) is 9.52. The van der Waals surface area contributed by atoms with Crippen LogP contribution in [-0.4, -0.2) is 30.4 Å². The first-order valence-corrected chi connectivity index (χ1v) is 8.66. The molecule has 0 saturated heterocycles. The third-order valence-corrected chi connectivity index (χ3v) is 3.84. The normalized spacial score (nSPS) is 11.4.